The molecule has 2 N–H and O–H groups in total. The first kappa shape index (κ1) is 16.4. The van der Waals surface area contributed by atoms with Crippen molar-refractivity contribution >= 4 is 21.6 Å². The standard InChI is InChI=1S/C12H18ClN3O4S/c13-11-8-10(9-14-12(11)18)21(19,20)16-3-1-2-15(4-5-16)6-7-17/h8-9,17H,1-7H2,(H,14,18). The lowest BCUT2D eigenvalue weighted by atomic mass is 10.4. The number of nitrogens with one attached hydrogen (secondary N) is 1. The van der Waals surface area contributed by atoms with Crippen molar-refractivity contribution in [2.75, 3.05) is 39.3 Å². The minimum Gasteiger partial charge on any atom is -0.395 e. The molecule has 0 unspecified atom stereocenters. The van der Waals surface area contributed by atoms with Crippen LogP contribution in [0.15, 0.2) is 22.0 Å². The number of aliphatic hydroxyl groups is 1. The van der Waals surface area contributed by atoms with E-state index in [1.807, 2.05) is 4.90 Å². The third kappa shape index (κ3) is 3.83. The zero-order valence-electron chi connectivity index (χ0n) is 11.5. The van der Waals surface area contributed by atoms with Gasteiger partial charge in [-0.05, 0) is 19.0 Å². The molecule has 0 atom stereocenters. The van der Waals surface area contributed by atoms with Gasteiger partial charge in [0.25, 0.3) is 5.56 Å². The van der Waals surface area contributed by atoms with Crippen LogP contribution >= 0.6 is 11.6 Å². The highest BCUT2D eigenvalue weighted by Gasteiger charge is 2.27. The van der Waals surface area contributed by atoms with Gasteiger partial charge in [0.2, 0.25) is 10.0 Å². The number of aliphatic hydroxyl groups excluding tert-OH is 1. The Kier molecular flexibility index (Phi) is 5.39. The highest BCUT2D eigenvalue weighted by Crippen LogP contribution is 2.18. The molecule has 1 aliphatic rings. The molecule has 1 fully saturated rings. The number of H-pyrrole nitrogens is 1. The van der Waals surface area contributed by atoms with E-state index in [0.717, 1.165) is 6.54 Å². The second kappa shape index (κ2) is 6.89. The van der Waals surface area contributed by atoms with Crippen LogP contribution in [0.1, 0.15) is 6.42 Å². The second-order valence-corrected chi connectivity index (χ2v) is 7.18. The van der Waals surface area contributed by atoms with Crippen molar-refractivity contribution in [3.8, 4) is 0 Å². The SMILES string of the molecule is O=c1[nH]cc(S(=O)(=O)N2CCCN(CCO)CC2)cc1Cl. The van der Waals surface area contributed by atoms with E-state index in [4.69, 9.17) is 16.7 Å². The van der Waals surface area contributed by atoms with Crippen molar-refractivity contribution in [1.29, 1.82) is 0 Å². The highest BCUT2D eigenvalue weighted by atomic mass is 35.5. The summed E-state index contributed by atoms with van der Waals surface area (Å²) in [6.07, 6.45) is 1.86. The zero-order valence-corrected chi connectivity index (χ0v) is 13.0. The Balaban J connectivity index is 2.19. The Bertz CT molecular complexity index is 646. The molecule has 1 saturated heterocycles. The minimum absolute atomic E-state index is 0.0114. The molecule has 0 amide bonds. The second-order valence-electron chi connectivity index (χ2n) is 4.84. The summed E-state index contributed by atoms with van der Waals surface area (Å²) in [5, 5.41) is 8.80. The molecule has 0 radical (unpaired) electrons. The number of nitrogens with zero attached hydrogens (tertiary/aromatic N) is 2. The zero-order chi connectivity index (χ0) is 15.5. The third-order valence-corrected chi connectivity index (χ3v) is 5.59. The summed E-state index contributed by atoms with van der Waals surface area (Å²) in [4.78, 5) is 15.6. The number of hydrogen-bond donors (Lipinski definition) is 2. The van der Waals surface area contributed by atoms with Crippen LogP contribution in [-0.2, 0) is 10.0 Å². The predicted molar refractivity (Wildman–Crippen MR) is 79.0 cm³/mol. The number of sulfonamides is 1. The normalized spacial score (nSPS) is 18.6. The molecule has 0 bridgehead atoms. The summed E-state index contributed by atoms with van der Waals surface area (Å²) in [6, 6.07) is 1.17. The Morgan fingerprint density at radius 3 is 2.71 bits per heavy atom. The largest absolute Gasteiger partial charge is 0.395 e. The first-order valence-corrected chi connectivity index (χ1v) is 8.48. The van der Waals surface area contributed by atoms with Crippen LogP contribution in [0.2, 0.25) is 5.02 Å². The Labute approximate surface area is 128 Å². The monoisotopic (exact) mass is 335 g/mol. The maximum Gasteiger partial charge on any atom is 0.266 e. The van der Waals surface area contributed by atoms with E-state index in [2.05, 4.69) is 4.98 Å². The number of halogens is 1. The number of rotatable bonds is 4. The van der Waals surface area contributed by atoms with Crippen LogP contribution in [0.25, 0.3) is 0 Å². The first-order valence-electron chi connectivity index (χ1n) is 6.67. The van der Waals surface area contributed by atoms with Gasteiger partial charge in [0.15, 0.2) is 0 Å². The molecule has 2 heterocycles. The van der Waals surface area contributed by atoms with Gasteiger partial charge < -0.3 is 10.1 Å². The van der Waals surface area contributed by atoms with Gasteiger partial charge in [0.1, 0.15) is 5.02 Å². The molecule has 0 spiro atoms. The Morgan fingerprint density at radius 2 is 2.05 bits per heavy atom. The van der Waals surface area contributed by atoms with Crippen molar-refractivity contribution in [3.05, 3.63) is 27.6 Å². The summed E-state index contributed by atoms with van der Waals surface area (Å²) >= 11 is 5.69. The smallest absolute Gasteiger partial charge is 0.266 e. The van der Waals surface area contributed by atoms with Crippen molar-refractivity contribution < 1.29 is 13.5 Å². The van der Waals surface area contributed by atoms with Gasteiger partial charge in [-0.25, -0.2) is 8.42 Å². The average Bonchev–Trinajstić information content (AvgIpc) is 2.68. The number of pyridine rings is 1. The summed E-state index contributed by atoms with van der Waals surface area (Å²) in [6.45, 7) is 2.66. The van der Waals surface area contributed by atoms with Crippen molar-refractivity contribution in [2.45, 2.75) is 11.3 Å². The fourth-order valence-electron chi connectivity index (χ4n) is 2.29. The van der Waals surface area contributed by atoms with Crippen molar-refractivity contribution in [1.82, 2.24) is 14.2 Å². The van der Waals surface area contributed by atoms with Crippen LogP contribution < -0.4 is 5.56 Å². The molecule has 1 aromatic rings. The van der Waals surface area contributed by atoms with Gasteiger partial charge in [-0.3, -0.25) is 9.69 Å². The van der Waals surface area contributed by atoms with Crippen LogP contribution in [0.5, 0.6) is 0 Å². The Hall–Kier alpha value is -0.930. The third-order valence-electron chi connectivity index (χ3n) is 3.43. The summed E-state index contributed by atoms with van der Waals surface area (Å²) in [5.74, 6) is 0. The van der Waals surface area contributed by atoms with Gasteiger partial charge in [-0.2, -0.15) is 4.31 Å². The molecule has 0 aromatic carbocycles. The fourth-order valence-corrected chi connectivity index (χ4v) is 3.99. The average molecular weight is 336 g/mol. The molecule has 0 saturated carbocycles. The molecular weight excluding hydrogens is 318 g/mol. The number of hydrogen-bond acceptors (Lipinski definition) is 5. The first-order chi connectivity index (χ1) is 9.95. The van der Waals surface area contributed by atoms with Gasteiger partial charge in [0.05, 0.1) is 11.5 Å². The molecule has 9 heteroatoms. The summed E-state index contributed by atoms with van der Waals surface area (Å²) in [5.41, 5.74) is -0.513. The van der Waals surface area contributed by atoms with E-state index in [1.165, 1.54) is 16.6 Å². The number of aromatic amines is 1. The highest BCUT2D eigenvalue weighted by molar-refractivity contribution is 7.89. The lowest BCUT2D eigenvalue weighted by Gasteiger charge is -2.21. The number of aromatic nitrogens is 1. The maximum absolute atomic E-state index is 12.5. The van der Waals surface area contributed by atoms with Crippen molar-refractivity contribution in [3.63, 3.8) is 0 Å². The van der Waals surface area contributed by atoms with E-state index in [0.29, 0.717) is 32.6 Å². The van der Waals surface area contributed by atoms with Gasteiger partial charge in [-0.15, -0.1) is 0 Å². The van der Waals surface area contributed by atoms with Crippen LogP contribution in [0, 0.1) is 0 Å². The lowest BCUT2D eigenvalue weighted by Crippen LogP contribution is -2.36. The quantitative estimate of drug-likeness (QED) is 0.789. The summed E-state index contributed by atoms with van der Waals surface area (Å²) in [7, 11) is -3.67. The van der Waals surface area contributed by atoms with Crippen LogP contribution in [0.3, 0.4) is 0 Å². The molecule has 1 aliphatic heterocycles. The van der Waals surface area contributed by atoms with Gasteiger partial charge in [0, 0.05) is 32.4 Å². The van der Waals surface area contributed by atoms with Gasteiger partial charge in [-0.1, -0.05) is 11.6 Å². The molecule has 21 heavy (non-hydrogen) atoms. The molecule has 118 valence electrons. The lowest BCUT2D eigenvalue weighted by molar-refractivity contribution is 0.202. The summed E-state index contributed by atoms with van der Waals surface area (Å²) < 4.78 is 26.5. The van der Waals surface area contributed by atoms with E-state index in [1.54, 1.807) is 0 Å². The van der Waals surface area contributed by atoms with Crippen molar-refractivity contribution in [2.24, 2.45) is 0 Å². The van der Waals surface area contributed by atoms with Gasteiger partial charge >= 0.3 is 0 Å². The molecule has 1 aromatic heterocycles. The molecule has 2 rings (SSSR count). The number of β-amino-alcohol motifs (C(OH)–C–C–N with tert-alkyl or cyclic N) is 1. The van der Waals surface area contributed by atoms with E-state index >= 15 is 0 Å². The topological polar surface area (TPSA) is 93.7 Å². The molecule has 0 aliphatic carbocycles. The predicted octanol–water partition coefficient (Wildman–Crippen LogP) is -0.283. The molecule has 7 nitrogen and oxygen atoms in total. The van der Waals surface area contributed by atoms with Crippen LogP contribution in [0.4, 0.5) is 0 Å². The van der Waals surface area contributed by atoms with Crippen LogP contribution in [-0.4, -0.2) is 67.0 Å². The van der Waals surface area contributed by atoms with E-state index < -0.39 is 15.6 Å². The van der Waals surface area contributed by atoms with E-state index in [-0.39, 0.29) is 16.5 Å². The fraction of sp³-hybridized carbons (Fsp3) is 0.583. The molecular formula is C12H18ClN3O4S. The van der Waals surface area contributed by atoms with E-state index in [9.17, 15) is 13.2 Å². The maximum atomic E-state index is 12.5. The Morgan fingerprint density at radius 1 is 1.29 bits per heavy atom. The minimum atomic E-state index is -3.67.